The summed E-state index contributed by atoms with van der Waals surface area (Å²) in [5.41, 5.74) is 8.42. The molecule has 8 nitrogen and oxygen atoms in total. The van der Waals surface area contributed by atoms with Crippen LogP contribution in [0.25, 0.3) is 0 Å². The zero-order chi connectivity index (χ0) is 17.2. The molecular formula is C17H21N7O. The van der Waals surface area contributed by atoms with E-state index in [1.165, 1.54) is 0 Å². The minimum atomic E-state index is -0.0410. The molecule has 4 N–H and O–H groups in total. The third kappa shape index (κ3) is 3.19. The highest BCUT2D eigenvalue weighted by atomic mass is 16.2. The minimum absolute atomic E-state index is 0.0410. The summed E-state index contributed by atoms with van der Waals surface area (Å²) < 4.78 is 0. The lowest BCUT2D eigenvalue weighted by Gasteiger charge is -2.19. The van der Waals surface area contributed by atoms with Crippen LogP contribution in [0.3, 0.4) is 0 Å². The fraction of sp³-hybridized carbons (Fsp3) is 0.412. The number of aromatic amines is 1. The maximum atomic E-state index is 12.6. The van der Waals surface area contributed by atoms with Crippen LogP contribution in [0.2, 0.25) is 0 Å². The van der Waals surface area contributed by atoms with E-state index < -0.39 is 0 Å². The molecule has 0 saturated carbocycles. The molecule has 2 aromatic heterocycles. The molecule has 2 aromatic rings. The first-order valence-corrected chi connectivity index (χ1v) is 8.56. The van der Waals surface area contributed by atoms with Gasteiger partial charge in [0.2, 0.25) is 5.95 Å². The van der Waals surface area contributed by atoms with E-state index in [2.05, 4.69) is 37.6 Å². The fourth-order valence-corrected chi connectivity index (χ4v) is 3.41. The summed E-state index contributed by atoms with van der Waals surface area (Å²) in [4.78, 5) is 23.2. The van der Waals surface area contributed by atoms with Gasteiger partial charge in [-0.15, -0.1) is 0 Å². The number of anilines is 2. The topological polar surface area (TPSA) is 113 Å². The number of fused-ring (bicyclic) bond motifs is 1. The predicted octanol–water partition coefficient (Wildman–Crippen LogP) is 1.15. The van der Waals surface area contributed by atoms with E-state index >= 15 is 0 Å². The van der Waals surface area contributed by atoms with Gasteiger partial charge >= 0.3 is 0 Å². The van der Waals surface area contributed by atoms with Gasteiger partial charge in [-0.3, -0.25) is 9.89 Å². The Kier molecular flexibility index (Phi) is 4.09. The molecule has 25 heavy (non-hydrogen) atoms. The van der Waals surface area contributed by atoms with E-state index in [9.17, 15) is 4.79 Å². The molecule has 0 fully saturated rings. The zero-order valence-electron chi connectivity index (χ0n) is 13.9. The maximum Gasteiger partial charge on any atom is 0.271 e. The van der Waals surface area contributed by atoms with E-state index in [0.717, 1.165) is 29.9 Å². The molecule has 130 valence electrons. The van der Waals surface area contributed by atoms with Crippen LogP contribution in [-0.2, 0) is 12.8 Å². The number of nitrogens with two attached hydrogens (primary N) is 1. The van der Waals surface area contributed by atoms with E-state index in [1.54, 1.807) is 12.3 Å². The van der Waals surface area contributed by atoms with E-state index in [-0.39, 0.29) is 11.9 Å². The molecule has 1 amide bonds. The summed E-state index contributed by atoms with van der Waals surface area (Å²) in [6.07, 6.45) is 9.28. The quantitative estimate of drug-likeness (QED) is 0.723. The lowest BCUT2D eigenvalue weighted by molar-refractivity contribution is 0.0757. The van der Waals surface area contributed by atoms with Gasteiger partial charge in [0, 0.05) is 37.3 Å². The monoisotopic (exact) mass is 339 g/mol. The fourth-order valence-electron chi connectivity index (χ4n) is 3.41. The number of hydrogen-bond acceptors (Lipinski definition) is 6. The third-order valence-corrected chi connectivity index (χ3v) is 4.73. The summed E-state index contributed by atoms with van der Waals surface area (Å²) in [5.74, 6) is 1.05. The molecule has 8 heteroatoms. The number of nitrogens with zero attached hydrogens (tertiary/aromatic N) is 4. The first-order chi connectivity index (χ1) is 12.2. The summed E-state index contributed by atoms with van der Waals surface area (Å²) in [5, 5.41) is 10.1. The molecule has 0 radical (unpaired) electrons. The molecule has 0 spiro atoms. The second-order valence-electron chi connectivity index (χ2n) is 6.40. The van der Waals surface area contributed by atoms with Crippen LogP contribution in [0.5, 0.6) is 0 Å². The van der Waals surface area contributed by atoms with Gasteiger partial charge in [-0.25, -0.2) is 4.98 Å². The predicted molar refractivity (Wildman–Crippen MR) is 94.1 cm³/mol. The Morgan fingerprint density at radius 1 is 1.24 bits per heavy atom. The summed E-state index contributed by atoms with van der Waals surface area (Å²) in [7, 11) is 0. The lowest BCUT2D eigenvalue weighted by atomic mass is 10.1. The first kappa shape index (κ1) is 15.6. The van der Waals surface area contributed by atoms with Crippen molar-refractivity contribution in [3.05, 3.63) is 41.4 Å². The largest absolute Gasteiger partial charge is 0.368 e. The highest BCUT2D eigenvalue weighted by Crippen LogP contribution is 2.25. The van der Waals surface area contributed by atoms with Crippen LogP contribution in [0.15, 0.2) is 24.4 Å². The van der Waals surface area contributed by atoms with Crippen molar-refractivity contribution in [3.63, 3.8) is 0 Å². The van der Waals surface area contributed by atoms with Crippen molar-refractivity contribution in [1.82, 2.24) is 25.1 Å². The normalized spacial score (nSPS) is 17.4. The van der Waals surface area contributed by atoms with Crippen LogP contribution >= 0.6 is 0 Å². The molecule has 1 aliphatic carbocycles. The number of amides is 1. The van der Waals surface area contributed by atoms with E-state index in [0.29, 0.717) is 37.7 Å². The van der Waals surface area contributed by atoms with Crippen molar-refractivity contribution in [2.45, 2.75) is 31.7 Å². The smallest absolute Gasteiger partial charge is 0.271 e. The average Bonchev–Trinajstić information content (AvgIpc) is 3.26. The van der Waals surface area contributed by atoms with Crippen molar-refractivity contribution < 1.29 is 4.79 Å². The summed E-state index contributed by atoms with van der Waals surface area (Å²) >= 11 is 0. The second-order valence-corrected chi connectivity index (χ2v) is 6.40. The van der Waals surface area contributed by atoms with E-state index in [4.69, 9.17) is 5.73 Å². The van der Waals surface area contributed by atoms with Gasteiger partial charge in [0.05, 0.1) is 5.69 Å². The number of H-pyrrole nitrogens is 1. The van der Waals surface area contributed by atoms with Crippen molar-refractivity contribution in [3.8, 4) is 0 Å². The molecule has 0 bridgehead atoms. The lowest BCUT2D eigenvalue weighted by Crippen LogP contribution is -2.33. The number of hydrogen-bond donors (Lipinski definition) is 3. The van der Waals surface area contributed by atoms with Gasteiger partial charge in [0.15, 0.2) is 0 Å². The van der Waals surface area contributed by atoms with Crippen molar-refractivity contribution in [1.29, 1.82) is 0 Å². The molecule has 0 saturated heterocycles. The second kappa shape index (κ2) is 6.54. The molecule has 1 aliphatic heterocycles. The number of aromatic nitrogens is 4. The number of nitrogens with one attached hydrogen (secondary N) is 2. The molecule has 0 atom stereocenters. The van der Waals surface area contributed by atoms with Crippen LogP contribution in [0, 0.1) is 0 Å². The highest BCUT2D eigenvalue weighted by molar-refractivity contribution is 5.92. The molecule has 2 aliphatic rings. The Morgan fingerprint density at radius 3 is 2.80 bits per heavy atom. The standard InChI is InChI=1S/C17H21N7O/c18-17-21-13-7-10-24(16(25)14-5-8-19-23-14)9-6-12(13)15(22-17)20-11-3-1-2-4-11/h1-2,5,8,11H,3-4,6-7,9-10H2,(H,19,23)(H3,18,20,21,22). The summed E-state index contributed by atoms with van der Waals surface area (Å²) in [6, 6.07) is 2.04. The van der Waals surface area contributed by atoms with Crippen LogP contribution < -0.4 is 11.1 Å². The Morgan fingerprint density at radius 2 is 2.04 bits per heavy atom. The number of carbonyl (C=O) groups is 1. The van der Waals surface area contributed by atoms with Crippen LogP contribution in [0.4, 0.5) is 11.8 Å². The molecule has 4 rings (SSSR count). The van der Waals surface area contributed by atoms with Crippen molar-refractivity contribution in [2.24, 2.45) is 0 Å². The van der Waals surface area contributed by atoms with Crippen LogP contribution in [-0.4, -0.2) is 50.1 Å². The highest BCUT2D eigenvalue weighted by Gasteiger charge is 2.24. The first-order valence-electron chi connectivity index (χ1n) is 8.56. The van der Waals surface area contributed by atoms with Crippen LogP contribution in [0.1, 0.15) is 34.6 Å². The number of rotatable bonds is 3. The van der Waals surface area contributed by atoms with Gasteiger partial charge < -0.3 is 16.0 Å². The van der Waals surface area contributed by atoms with Gasteiger partial charge in [-0.2, -0.15) is 10.1 Å². The number of carbonyl (C=O) groups excluding carboxylic acids is 1. The number of nitrogen functional groups attached to an aromatic ring is 1. The Hall–Kier alpha value is -2.90. The van der Waals surface area contributed by atoms with Crippen molar-refractivity contribution in [2.75, 3.05) is 24.1 Å². The Labute approximate surface area is 145 Å². The van der Waals surface area contributed by atoms with E-state index in [1.807, 2.05) is 4.90 Å². The third-order valence-electron chi connectivity index (χ3n) is 4.73. The van der Waals surface area contributed by atoms with Gasteiger partial charge in [0.25, 0.3) is 5.91 Å². The zero-order valence-corrected chi connectivity index (χ0v) is 13.9. The van der Waals surface area contributed by atoms with Gasteiger partial charge in [0.1, 0.15) is 11.5 Å². The molecule has 0 unspecified atom stereocenters. The maximum absolute atomic E-state index is 12.6. The SMILES string of the molecule is Nc1nc2c(c(NC3CC=CC3)n1)CCN(C(=O)c1ccn[nH]1)CC2. The van der Waals surface area contributed by atoms with Gasteiger partial charge in [-0.1, -0.05) is 12.2 Å². The van der Waals surface area contributed by atoms with Gasteiger partial charge in [-0.05, 0) is 25.3 Å². The molecular weight excluding hydrogens is 318 g/mol. The molecule has 3 heterocycles. The van der Waals surface area contributed by atoms with Crippen molar-refractivity contribution >= 4 is 17.7 Å². The minimum Gasteiger partial charge on any atom is -0.368 e. The Bertz CT molecular complexity index is 792. The Balaban J connectivity index is 1.55. The summed E-state index contributed by atoms with van der Waals surface area (Å²) in [6.45, 7) is 1.22. The average molecular weight is 339 g/mol. The molecule has 0 aromatic carbocycles.